The highest BCUT2D eigenvalue weighted by Gasteiger charge is 2.00. The fourth-order valence-electron chi connectivity index (χ4n) is 2.06. The maximum Gasteiger partial charge on any atom is 0.168 e. The van der Waals surface area contributed by atoms with Gasteiger partial charge in [-0.1, -0.05) is 36.4 Å². The first kappa shape index (κ1) is 12.2. The fourth-order valence-corrected chi connectivity index (χ4v) is 2.06. The predicted octanol–water partition coefficient (Wildman–Crippen LogP) is 3.54. The molecular formula is C16H13N3O. The number of H-pyrrole nitrogens is 2. The van der Waals surface area contributed by atoms with E-state index in [0.29, 0.717) is 5.69 Å². The molecule has 2 aromatic carbocycles. The zero-order valence-corrected chi connectivity index (χ0v) is 10.7. The number of aromatic nitrogens is 3. The lowest BCUT2D eigenvalue weighted by Crippen LogP contribution is -1.77. The number of hydrogen-bond donors (Lipinski definition) is 2. The largest absolute Gasteiger partial charge is 0.361 e. The van der Waals surface area contributed by atoms with Crippen molar-refractivity contribution in [3.8, 4) is 0 Å². The molecule has 2 heterocycles. The number of hydrogen-bond acceptors (Lipinski definition) is 2. The van der Waals surface area contributed by atoms with Gasteiger partial charge in [0.05, 0.1) is 5.52 Å². The maximum atomic E-state index is 10.4. The number of rotatable bonds is 1. The van der Waals surface area contributed by atoms with Crippen molar-refractivity contribution in [1.82, 2.24) is 15.2 Å². The monoisotopic (exact) mass is 263 g/mol. The molecular weight excluding hydrogens is 250 g/mol. The second kappa shape index (κ2) is 5.40. The van der Waals surface area contributed by atoms with Gasteiger partial charge in [-0.3, -0.25) is 9.89 Å². The van der Waals surface area contributed by atoms with E-state index in [4.69, 9.17) is 0 Å². The highest BCUT2D eigenvalue weighted by molar-refractivity contribution is 5.94. The van der Waals surface area contributed by atoms with Crippen molar-refractivity contribution in [2.24, 2.45) is 0 Å². The summed E-state index contributed by atoms with van der Waals surface area (Å²) in [7, 11) is 0. The predicted molar refractivity (Wildman–Crippen MR) is 79.8 cm³/mol. The standard InChI is InChI=1S/C8H6N2O.C8H7N/c11-5-8-6-3-1-2-4-7(6)9-10-8;1-2-4-8-7(3-1)5-6-9-8/h1-5H,(H,9,10);1-6,9H. The van der Waals surface area contributed by atoms with Crippen molar-refractivity contribution in [2.45, 2.75) is 0 Å². The average molecular weight is 263 g/mol. The molecule has 0 fully saturated rings. The molecule has 0 aliphatic heterocycles. The molecule has 98 valence electrons. The third-order valence-corrected chi connectivity index (χ3v) is 3.07. The van der Waals surface area contributed by atoms with Crippen LogP contribution in [0.25, 0.3) is 21.8 Å². The smallest absolute Gasteiger partial charge is 0.168 e. The summed E-state index contributed by atoms with van der Waals surface area (Å²) in [5.41, 5.74) is 2.58. The van der Waals surface area contributed by atoms with Crippen LogP contribution in [0.2, 0.25) is 0 Å². The Bertz CT molecular complexity index is 815. The fraction of sp³-hybridized carbons (Fsp3) is 0. The number of aldehydes is 1. The van der Waals surface area contributed by atoms with Crippen LogP contribution in [-0.2, 0) is 0 Å². The van der Waals surface area contributed by atoms with Crippen molar-refractivity contribution >= 4 is 28.1 Å². The molecule has 4 nitrogen and oxygen atoms in total. The molecule has 0 aliphatic carbocycles. The molecule has 0 spiro atoms. The Morgan fingerprint density at radius 2 is 1.75 bits per heavy atom. The van der Waals surface area contributed by atoms with E-state index in [1.807, 2.05) is 42.6 Å². The number of aromatic amines is 2. The van der Waals surface area contributed by atoms with Gasteiger partial charge in [-0.25, -0.2) is 0 Å². The van der Waals surface area contributed by atoms with E-state index in [1.165, 1.54) is 10.9 Å². The second-order valence-corrected chi connectivity index (χ2v) is 4.34. The quantitative estimate of drug-likeness (QED) is 0.516. The molecule has 4 rings (SSSR count). The Balaban J connectivity index is 0.000000123. The van der Waals surface area contributed by atoms with Crippen molar-refractivity contribution < 1.29 is 4.79 Å². The highest BCUT2D eigenvalue weighted by Crippen LogP contribution is 2.12. The van der Waals surface area contributed by atoms with Crippen LogP contribution in [0.1, 0.15) is 10.5 Å². The first-order chi connectivity index (χ1) is 9.88. The van der Waals surface area contributed by atoms with Crippen LogP contribution in [0.5, 0.6) is 0 Å². The normalized spacial score (nSPS) is 10.2. The molecule has 20 heavy (non-hydrogen) atoms. The summed E-state index contributed by atoms with van der Waals surface area (Å²) in [5, 5.41) is 8.73. The molecule has 4 aromatic rings. The third-order valence-electron chi connectivity index (χ3n) is 3.07. The Morgan fingerprint density at radius 1 is 0.950 bits per heavy atom. The van der Waals surface area contributed by atoms with Gasteiger partial charge in [0, 0.05) is 17.1 Å². The number of carbonyl (C=O) groups excluding carboxylic acids is 1. The van der Waals surface area contributed by atoms with Gasteiger partial charge in [0.2, 0.25) is 0 Å². The number of nitrogens with zero attached hydrogens (tertiary/aromatic N) is 1. The topological polar surface area (TPSA) is 61.5 Å². The number of para-hydroxylation sites is 2. The van der Waals surface area contributed by atoms with Gasteiger partial charge >= 0.3 is 0 Å². The van der Waals surface area contributed by atoms with E-state index >= 15 is 0 Å². The highest BCUT2D eigenvalue weighted by atomic mass is 16.1. The van der Waals surface area contributed by atoms with Gasteiger partial charge in [-0.2, -0.15) is 5.10 Å². The van der Waals surface area contributed by atoms with Gasteiger partial charge in [-0.05, 0) is 23.6 Å². The number of nitrogens with one attached hydrogen (secondary N) is 2. The summed E-state index contributed by atoms with van der Waals surface area (Å²) >= 11 is 0. The molecule has 0 aliphatic rings. The minimum atomic E-state index is 0.542. The van der Waals surface area contributed by atoms with E-state index in [2.05, 4.69) is 33.4 Å². The Morgan fingerprint density at radius 3 is 2.60 bits per heavy atom. The minimum absolute atomic E-state index is 0.542. The molecule has 4 heteroatoms. The number of carbonyl (C=O) groups is 1. The Hall–Kier alpha value is -2.88. The van der Waals surface area contributed by atoms with E-state index in [1.54, 1.807) is 0 Å². The lowest BCUT2D eigenvalue weighted by atomic mass is 10.2. The van der Waals surface area contributed by atoms with Gasteiger partial charge < -0.3 is 4.98 Å². The lowest BCUT2D eigenvalue weighted by molar-refractivity contribution is 0.112. The zero-order chi connectivity index (χ0) is 13.8. The molecule has 2 N–H and O–H groups in total. The summed E-state index contributed by atoms with van der Waals surface area (Å²) < 4.78 is 0. The van der Waals surface area contributed by atoms with Crippen molar-refractivity contribution in [3.63, 3.8) is 0 Å². The van der Waals surface area contributed by atoms with E-state index in [9.17, 15) is 4.79 Å². The van der Waals surface area contributed by atoms with Gasteiger partial charge in [0.25, 0.3) is 0 Å². The zero-order valence-electron chi connectivity index (χ0n) is 10.7. The second-order valence-electron chi connectivity index (χ2n) is 4.34. The van der Waals surface area contributed by atoms with Crippen LogP contribution in [0.4, 0.5) is 0 Å². The third kappa shape index (κ3) is 2.31. The van der Waals surface area contributed by atoms with E-state index in [-0.39, 0.29) is 0 Å². The number of benzene rings is 2. The first-order valence-corrected chi connectivity index (χ1v) is 6.29. The van der Waals surface area contributed by atoms with E-state index < -0.39 is 0 Å². The van der Waals surface area contributed by atoms with Crippen molar-refractivity contribution in [3.05, 3.63) is 66.5 Å². The summed E-state index contributed by atoms with van der Waals surface area (Å²) in [6, 6.07) is 17.8. The van der Waals surface area contributed by atoms with Crippen LogP contribution in [0.3, 0.4) is 0 Å². The SMILES string of the molecule is O=Cc1[nH]nc2ccccc12.c1ccc2[nH]ccc2c1. The summed E-state index contributed by atoms with van der Waals surface area (Å²) in [4.78, 5) is 13.5. The maximum absolute atomic E-state index is 10.4. The Labute approximate surface area is 115 Å². The molecule has 0 radical (unpaired) electrons. The number of fused-ring (bicyclic) bond motifs is 2. The van der Waals surface area contributed by atoms with Crippen LogP contribution in [-0.4, -0.2) is 21.5 Å². The summed E-state index contributed by atoms with van der Waals surface area (Å²) in [6.07, 6.45) is 2.72. The molecule has 0 atom stereocenters. The van der Waals surface area contributed by atoms with Crippen LogP contribution in [0.15, 0.2) is 60.8 Å². The van der Waals surface area contributed by atoms with Crippen LogP contribution < -0.4 is 0 Å². The molecule has 0 saturated heterocycles. The molecule has 0 bridgehead atoms. The Kier molecular flexibility index (Phi) is 3.29. The average Bonchev–Trinajstić information content (AvgIpc) is 3.14. The van der Waals surface area contributed by atoms with Gasteiger partial charge in [0.1, 0.15) is 5.69 Å². The minimum Gasteiger partial charge on any atom is -0.361 e. The lowest BCUT2D eigenvalue weighted by Gasteiger charge is -1.83. The summed E-state index contributed by atoms with van der Waals surface area (Å²) in [5.74, 6) is 0. The van der Waals surface area contributed by atoms with Crippen LogP contribution >= 0.6 is 0 Å². The van der Waals surface area contributed by atoms with Gasteiger partial charge in [-0.15, -0.1) is 0 Å². The summed E-state index contributed by atoms with van der Waals surface area (Å²) in [6.45, 7) is 0. The molecule has 0 unspecified atom stereocenters. The van der Waals surface area contributed by atoms with Crippen LogP contribution in [0, 0.1) is 0 Å². The van der Waals surface area contributed by atoms with Crippen molar-refractivity contribution in [1.29, 1.82) is 0 Å². The first-order valence-electron chi connectivity index (χ1n) is 6.29. The van der Waals surface area contributed by atoms with Crippen molar-refractivity contribution in [2.75, 3.05) is 0 Å². The molecule has 0 saturated carbocycles. The molecule has 0 amide bonds. The van der Waals surface area contributed by atoms with E-state index in [0.717, 1.165) is 17.2 Å². The molecule has 2 aromatic heterocycles. The van der Waals surface area contributed by atoms with Gasteiger partial charge in [0.15, 0.2) is 6.29 Å².